The Bertz CT molecular complexity index is 1140. The number of rotatable bonds is 5. The number of carbonyl (C=O) groups excluding carboxylic acids is 1. The van der Waals surface area contributed by atoms with Gasteiger partial charge in [0, 0.05) is 23.7 Å². The van der Waals surface area contributed by atoms with Crippen LogP contribution in [0, 0.1) is 24.7 Å². The Morgan fingerprint density at radius 1 is 1.16 bits per heavy atom. The summed E-state index contributed by atoms with van der Waals surface area (Å²) in [6.07, 6.45) is 1.93. The predicted molar refractivity (Wildman–Crippen MR) is 132 cm³/mol. The summed E-state index contributed by atoms with van der Waals surface area (Å²) < 4.78 is 0. The van der Waals surface area contributed by atoms with Gasteiger partial charge in [0.2, 0.25) is 5.91 Å². The van der Waals surface area contributed by atoms with Crippen molar-refractivity contribution < 1.29 is 9.90 Å². The lowest BCUT2D eigenvalue weighted by Gasteiger charge is -2.31. The summed E-state index contributed by atoms with van der Waals surface area (Å²) in [6, 6.07) is 20.6. The number of thiophene rings is 1. The molecular formula is C27H28N2O2S. The van der Waals surface area contributed by atoms with E-state index >= 15 is 0 Å². The summed E-state index contributed by atoms with van der Waals surface area (Å²) in [6.45, 7) is 4.56. The molecule has 0 aliphatic carbocycles. The largest absolute Gasteiger partial charge is 0.384 e. The topological polar surface area (TPSA) is 52.6 Å². The minimum absolute atomic E-state index is 0.0139. The van der Waals surface area contributed by atoms with Gasteiger partial charge in [0.15, 0.2) is 0 Å². The quantitative estimate of drug-likeness (QED) is 0.550. The second-order valence-electron chi connectivity index (χ2n) is 8.24. The molecule has 2 heterocycles. The Morgan fingerprint density at radius 3 is 2.78 bits per heavy atom. The van der Waals surface area contributed by atoms with Gasteiger partial charge in [-0.15, -0.1) is 11.3 Å². The molecule has 32 heavy (non-hydrogen) atoms. The van der Waals surface area contributed by atoms with Crippen molar-refractivity contribution >= 4 is 22.9 Å². The van der Waals surface area contributed by atoms with Crippen molar-refractivity contribution in [1.29, 1.82) is 0 Å². The van der Waals surface area contributed by atoms with E-state index < -0.39 is 0 Å². The van der Waals surface area contributed by atoms with Crippen molar-refractivity contribution in [3.8, 4) is 23.0 Å². The van der Waals surface area contributed by atoms with Gasteiger partial charge >= 0.3 is 0 Å². The van der Waals surface area contributed by atoms with E-state index in [2.05, 4.69) is 65.4 Å². The van der Waals surface area contributed by atoms with E-state index in [1.54, 1.807) is 11.3 Å². The molecule has 1 aliphatic heterocycles. The van der Waals surface area contributed by atoms with E-state index in [1.807, 2.05) is 24.3 Å². The van der Waals surface area contributed by atoms with Crippen molar-refractivity contribution in [2.24, 2.45) is 5.92 Å². The lowest BCUT2D eigenvalue weighted by Crippen LogP contribution is -2.40. The third kappa shape index (κ3) is 5.86. The number of nitrogens with one attached hydrogen (secondary N) is 1. The molecule has 1 fully saturated rings. The van der Waals surface area contributed by atoms with Crippen molar-refractivity contribution in [3.05, 3.63) is 76.0 Å². The first-order valence-corrected chi connectivity index (χ1v) is 11.8. The van der Waals surface area contributed by atoms with Crippen LogP contribution < -0.4 is 5.32 Å². The molecule has 164 valence electrons. The van der Waals surface area contributed by atoms with Crippen molar-refractivity contribution in [2.75, 3.05) is 25.0 Å². The number of hydrogen-bond donors (Lipinski definition) is 2. The Labute approximate surface area is 193 Å². The SMILES string of the molecule is Cc1cccc(-c2cccc(NC(=O)C3CCCN(Cc4ccc(C#CCO)s4)C3)c2)c1. The van der Waals surface area contributed by atoms with Gasteiger partial charge in [0.1, 0.15) is 6.61 Å². The average Bonchev–Trinajstić information content (AvgIpc) is 3.25. The van der Waals surface area contributed by atoms with Crippen LogP contribution in [0.5, 0.6) is 0 Å². The maximum absolute atomic E-state index is 13.0. The van der Waals surface area contributed by atoms with Crippen LogP contribution in [0.4, 0.5) is 5.69 Å². The molecule has 4 nitrogen and oxygen atoms in total. The van der Waals surface area contributed by atoms with E-state index in [-0.39, 0.29) is 18.4 Å². The van der Waals surface area contributed by atoms with Crippen molar-refractivity contribution in [2.45, 2.75) is 26.3 Å². The molecule has 5 heteroatoms. The highest BCUT2D eigenvalue weighted by Crippen LogP contribution is 2.26. The standard InChI is InChI=1S/C27H28N2O2S/c1-20-6-2-7-21(16-20)22-8-3-10-24(17-22)28-27(31)23-9-4-14-29(18-23)19-26-13-12-25(32-26)11-5-15-30/h2-3,6-8,10,12-13,16-17,23,30H,4,9,14-15,18-19H2,1H3,(H,28,31). The van der Waals surface area contributed by atoms with Crippen LogP contribution in [0.25, 0.3) is 11.1 Å². The smallest absolute Gasteiger partial charge is 0.228 e. The highest BCUT2D eigenvalue weighted by atomic mass is 32.1. The Balaban J connectivity index is 1.37. The summed E-state index contributed by atoms with van der Waals surface area (Å²) in [5.74, 6) is 5.73. The highest BCUT2D eigenvalue weighted by Gasteiger charge is 2.26. The van der Waals surface area contributed by atoms with E-state index in [1.165, 1.54) is 10.4 Å². The van der Waals surface area contributed by atoms with Gasteiger partial charge in [0.05, 0.1) is 10.8 Å². The van der Waals surface area contributed by atoms with E-state index in [0.717, 1.165) is 54.2 Å². The van der Waals surface area contributed by atoms with Crippen LogP contribution in [-0.4, -0.2) is 35.6 Å². The number of anilines is 1. The van der Waals surface area contributed by atoms with Gasteiger partial charge in [-0.05, 0) is 61.7 Å². The van der Waals surface area contributed by atoms with Gasteiger partial charge in [-0.3, -0.25) is 9.69 Å². The van der Waals surface area contributed by atoms with Gasteiger partial charge in [-0.1, -0.05) is 53.8 Å². The van der Waals surface area contributed by atoms with E-state index in [4.69, 9.17) is 5.11 Å². The molecule has 3 aromatic rings. The van der Waals surface area contributed by atoms with Crippen LogP contribution in [0.15, 0.2) is 60.7 Å². The van der Waals surface area contributed by atoms with Crippen LogP contribution in [-0.2, 0) is 11.3 Å². The van der Waals surface area contributed by atoms with Gasteiger partial charge in [-0.25, -0.2) is 0 Å². The van der Waals surface area contributed by atoms with Gasteiger partial charge < -0.3 is 10.4 Å². The minimum atomic E-state index is -0.121. The molecule has 0 spiro atoms. The summed E-state index contributed by atoms with van der Waals surface area (Å²) >= 11 is 1.65. The number of aliphatic hydroxyl groups is 1. The summed E-state index contributed by atoms with van der Waals surface area (Å²) in [5.41, 5.74) is 4.33. The van der Waals surface area contributed by atoms with Gasteiger partial charge in [-0.2, -0.15) is 0 Å². The fourth-order valence-electron chi connectivity index (χ4n) is 4.14. The number of aryl methyl sites for hydroxylation is 1. The zero-order valence-electron chi connectivity index (χ0n) is 18.3. The lowest BCUT2D eigenvalue weighted by molar-refractivity contribution is -0.121. The molecule has 0 saturated carbocycles. The number of likely N-dealkylation sites (tertiary alicyclic amines) is 1. The van der Waals surface area contributed by atoms with Crippen molar-refractivity contribution in [3.63, 3.8) is 0 Å². The fourth-order valence-corrected chi connectivity index (χ4v) is 5.06. The first-order chi connectivity index (χ1) is 15.6. The second kappa shape index (κ2) is 10.6. The molecule has 1 aliphatic rings. The normalized spacial score (nSPS) is 16.2. The maximum Gasteiger partial charge on any atom is 0.228 e. The molecule has 1 amide bonds. The summed E-state index contributed by atoms with van der Waals surface area (Å²) in [5, 5.41) is 12.0. The maximum atomic E-state index is 13.0. The Kier molecular flexibility index (Phi) is 7.39. The molecule has 1 atom stereocenters. The molecule has 1 aromatic heterocycles. The summed E-state index contributed by atoms with van der Waals surface area (Å²) in [4.78, 5) is 17.6. The Hall–Kier alpha value is -2.91. The lowest BCUT2D eigenvalue weighted by atomic mass is 9.96. The third-order valence-electron chi connectivity index (χ3n) is 5.69. The predicted octanol–water partition coefficient (Wildman–Crippen LogP) is 4.92. The number of piperidine rings is 1. The molecule has 4 rings (SSSR count). The zero-order chi connectivity index (χ0) is 22.3. The molecule has 0 bridgehead atoms. The molecule has 2 aromatic carbocycles. The average molecular weight is 445 g/mol. The Morgan fingerprint density at radius 2 is 1.97 bits per heavy atom. The summed E-state index contributed by atoms with van der Waals surface area (Å²) in [7, 11) is 0. The third-order valence-corrected chi connectivity index (χ3v) is 6.67. The number of benzene rings is 2. The van der Waals surface area contributed by atoms with E-state index in [9.17, 15) is 4.79 Å². The molecular weight excluding hydrogens is 416 g/mol. The number of aliphatic hydroxyl groups excluding tert-OH is 1. The first kappa shape index (κ1) is 22.3. The van der Waals surface area contributed by atoms with Crippen LogP contribution >= 0.6 is 11.3 Å². The van der Waals surface area contributed by atoms with Crippen LogP contribution in [0.1, 0.15) is 28.2 Å². The first-order valence-electron chi connectivity index (χ1n) is 11.0. The number of hydrogen-bond acceptors (Lipinski definition) is 4. The monoisotopic (exact) mass is 444 g/mol. The zero-order valence-corrected chi connectivity index (χ0v) is 19.1. The van der Waals surface area contributed by atoms with Crippen molar-refractivity contribution in [1.82, 2.24) is 4.90 Å². The van der Waals surface area contributed by atoms with E-state index in [0.29, 0.717) is 0 Å². The number of carbonyl (C=O) groups is 1. The minimum Gasteiger partial charge on any atom is -0.384 e. The molecule has 1 saturated heterocycles. The van der Waals surface area contributed by atoms with Crippen LogP contribution in [0.2, 0.25) is 0 Å². The van der Waals surface area contributed by atoms with Gasteiger partial charge in [0.25, 0.3) is 0 Å². The molecule has 1 unspecified atom stereocenters. The fraction of sp³-hybridized carbons (Fsp3) is 0.296. The number of amides is 1. The molecule has 0 radical (unpaired) electrons. The number of nitrogens with zero attached hydrogens (tertiary/aromatic N) is 1. The second-order valence-corrected chi connectivity index (χ2v) is 9.41. The van der Waals surface area contributed by atoms with Crippen LogP contribution in [0.3, 0.4) is 0 Å². The molecule has 2 N–H and O–H groups in total. The highest BCUT2D eigenvalue weighted by molar-refractivity contribution is 7.12.